The van der Waals surface area contributed by atoms with Gasteiger partial charge in [0.15, 0.2) is 0 Å². The lowest BCUT2D eigenvalue weighted by Gasteiger charge is -2.31. The molecule has 0 unspecified atom stereocenters. The zero-order valence-electron chi connectivity index (χ0n) is 20.4. The van der Waals surface area contributed by atoms with Crippen LogP contribution in [0, 0.1) is 11.8 Å². The Bertz CT molecular complexity index is 1150. The fraction of sp³-hybridized carbons (Fsp3) is 0.640. The molecule has 4 aliphatic rings. The van der Waals surface area contributed by atoms with E-state index in [-0.39, 0.29) is 47.2 Å². The molecule has 10 heteroatoms. The number of sulfonamides is 1. The van der Waals surface area contributed by atoms with Crippen molar-refractivity contribution in [3.8, 4) is 5.75 Å². The number of hydrogen-bond donors (Lipinski definition) is 0. The number of benzene rings is 1. The number of imide groups is 1. The van der Waals surface area contributed by atoms with Crippen LogP contribution in [-0.2, 0) is 24.4 Å². The van der Waals surface area contributed by atoms with Gasteiger partial charge in [-0.15, -0.1) is 0 Å². The van der Waals surface area contributed by atoms with E-state index in [9.17, 15) is 22.8 Å². The fourth-order valence-corrected chi connectivity index (χ4v) is 7.54. The van der Waals surface area contributed by atoms with Crippen LogP contribution in [0.3, 0.4) is 0 Å². The molecule has 3 aliphatic heterocycles. The first kappa shape index (κ1) is 24.2. The first-order chi connectivity index (χ1) is 16.6. The van der Waals surface area contributed by atoms with Crippen LogP contribution < -0.4 is 4.74 Å². The molecular formula is C25H33N3O6S. The molecule has 9 nitrogen and oxygen atoms in total. The van der Waals surface area contributed by atoms with Gasteiger partial charge in [-0.25, -0.2) is 8.42 Å². The number of amides is 3. The number of hydrogen-bond acceptors (Lipinski definition) is 6. The van der Waals surface area contributed by atoms with Gasteiger partial charge in [0.2, 0.25) is 27.7 Å². The van der Waals surface area contributed by atoms with Crippen molar-refractivity contribution in [1.29, 1.82) is 0 Å². The molecule has 0 N–H and O–H groups in total. The van der Waals surface area contributed by atoms with Crippen LogP contribution in [0.25, 0.3) is 0 Å². The number of carbonyl (C=O) groups is 3. The van der Waals surface area contributed by atoms with Gasteiger partial charge in [-0.2, -0.15) is 4.31 Å². The van der Waals surface area contributed by atoms with Gasteiger partial charge in [0.25, 0.3) is 0 Å². The Morgan fingerprint density at radius 2 is 1.80 bits per heavy atom. The maximum atomic E-state index is 13.7. The van der Waals surface area contributed by atoms with E-state index in [0.29, 0.717) is 31.6 Å². The highest BCUT2D eigenvalue weighted by molar-refractivity contribution is 7.89. The molecular weight excluding hydrogens is 470 g/mol. The smallest absolute Gasteiger partial charge is 0.243 e. The molecule has 3 amide bonds. The molecule has 0 spiro atoms. The quantitative estimate of drug-likeness (QED) is 0.550. The lowest BCUT2D eigenvalue weighted by atomic mass is 10.0. The molecule has 4 fully saturated rings. The Balaban J connectivity index is 1.37. The SMILES string of the molecule is CC(C)Oc1cccc(S(=O)(=O)N2CCC[C@H]2C(=O)N2CC[C@H]3[C@H]2[C@H](C)C(=O)N3C(=O)C2CC2)c1. The normalized spacial score (nSPS) is 29.2. The Morgan fingerprint density at radius 3 is 2.49 bits per heavy atom. The molecule has 3 saturated heterocycles. The molecule has 1 aliphatic carbocycles. The lowest BCUT2D eigenvalue weighted by Crippen LogP contribution is -2.51. The van der Waals surface area contributed by atoms with E-state index in [4.69, 9.17) is 4.74 Å². The van der Waals surface area contributed by atoms with E-state index in [2.05, 4.69) is 0 Å². The first-order valence-corrected chi connectivity index (χ1v) is 14.0. The van der Waals surface area contributed by atoms with Gasteiger partial charge in [-0.05, 0) is 58.1 Å². The number of nitrogens with zero attached hydrogens (tertiary/aromatic N) is 3. The third kappa shape index (κ3) is 4.14. The number of fused-ring (bicyclic) bond motifs is 1. The Hall–Kier alpha value is -2.46. The highest BCUT2D eigenvalue weighted by Crippen LogP contribution is 2.42. The summed E-state index contributed by atoms with van der Waals surface area (Å²) < 4.78 is 34.1. The van der Waals surface area contributed by atoms with E-state index in [1.54, 1.807) is 24.0 Å². The molecule has 0 radical (unpaired) electrons. The fourth-order valence-electron chi connectivity index (χ4n) is 5.85. The van der Waals surface area contributed by atoms with Crippen molar-refractivity contribution in [2.75, 3.05) is 13.1 Å². The molecule has 1 aromatic carbocycles. The van der Waals surface area contributed by atoms with E-state index < -0.39 is 28.0 Å². The average molecular weight is 504 g/mol. The van der Waals surface area contributed by atoms with Gasteiger partial charge in [-0.1, -0.05) is 13.0 Å². The van der Waals surface area contributed by atoms with E-state index >= 15 is 0 Å². The molecule has 1 aromatic rings. The summed E-state index contributed by atoms with van der Waals surface area (Å²) in [6.07, 6.45) is 3.09. The summed E-state index contributed by atoms with van der Waals surface area (Å²) in [6, 6.07) is 4.84. The Kier molecular flexibility index (Phi) is 6.15. The zero-order valence-corrected chi connectivity index (χ0v) is 21.2. The van der Waals surface area contributed by atoms with Gasteiger partial charge >= 0.3 is 0 Å². The largest absolute Gasteiger partial charge is 0.491 e. The topological polar surface area (TPSA) is 104 Å². The van der Waals surface area contributed by atoms with Crippen molar-refractivity contribution >= 4 is 27.7 Å². The summed E-state index contributed by atoms with van der Waals surface area (Å²) in [4.78, 5) is 42.6. The first-order valence-electron chi connectivity index (χ1n) is 12.6. The lowest BCUT2D eigenvalue weighted by molar-refractivity contribution is -0.146. The second-order valence-electron chi connectivity index (χ2n) is 10.4. The summed E-state index contributed by atoms with van der Waals surface area (Å²) in [7, 11) is -3.92. The van der Waals surface area contributed by atoms with Crippen molar-refractivity contribution in [2.24, 2.45) is 11.8 Å². The number of rotatable bonds is 6. The van der Waals surface area contributed by atoms with Crippen LogP contribution in [0.5, 0.6) is 5.75 Å². The van der Waals surface area contributed by atoms with Gasteiger partial charge in [-0.3, -0.25) is 19.3 Å². The highest BCUT2D eigenvalue weighted by atomic mass is 32.2. The molecule has 1 saturated carbocycles. The minimum atomic E-state index is -3.92. The minimum Gasteiger partial charge on any atom is -0.491 e. The van der Waals surface area contributed by atoms with Crippen molar-refractivity contribution in [2.45, 2.75) is 82.0 Å². The van der Waals surface area contributed by atoms with E-state index in [1.807, 2.05) is 13.8 Å². The summed E-state index contributed by atoms with van der Waals surface area (Å²) in [5.41, 5.74) is 0. The summed E-state index contributed by atoms with van der Waals surface area (Å²) >= 11 is 0. The molecule has 0 bridgehead atoms. The number of likely N-dealkylation sites (tertiary alicyclic amines) is 2. The maximum Gasteiger partial charge on any atom is 0.243 e. The van der Waals surface area contributed by atoms with E-state index in [1.165, 1.54) is 21.3 Å². The van der Waals surface area contributed by atoms with Crippen LogP contribution in [-0.4, -0.2) is 77.6 Å². The van der Waals surface area contributed by atoms with Crippen LogP contribution in [0.2, 0.25) is 0 Å². The molecule has 0 aromatic heterocycles. The average Bonchev–Trinajstić information content (AvgIpc) is 3.29. The van der Waals surface area contributed by atoms with Gasteiger partial charge in [0, 0.05) is 25.1 Å². The predicted molar refractivity (Wildman–Crippen MR) is 127 cm³/mol. The van der Waals surface area contributed by atoms with E-state index in [0.717, 1.165) is 12.8 Å². The van der Waals surface area contributed by atoms with Crippen LogP contribution in [0.1, 0.15) is 52.9 Å². The highest BCUT2D eigenvalue weighted by Gasteiger charge is 2.57. The standard InChI is InChI=1S/C25H33N3O6S/c1-15(2)34-18-6-4-7-19(14-18)35(32,33)27-12-5-8-21(27)25(31)26-13-11-20-22(26)16(3)23(29)28(20)24(30)17-9-10-17/h4,6-7,14-17,20-22H,5,8-13H2,1-3H3/t16-,20-,21-,22+/m0/s1. The molecule has 3 heterocycles. The molecule has 190 valence electrons. The third-order valence-corrected chi connectivity index (χ3v) is 9.51. The molecule has 5 rings (SSSR count). The van der Waals surface area contributed by atoms with Crippen LogP contribution in [0.15, 0.2) is 29.2 Å². The molecule has 35 heavy (non-hydrogen) atoms. The van der Waals surface area contributed by atoms with Crippen molar-refractivity contribution in [3.05, 3.63) is 24.3 Å². The number of ether oxygens (including phenoxy) is 1. The predicted octanol–water partition coefficient (Wildman–Crippen LogP) is 2.01. The third-order valence-electron chi connectivity index (χ3n) is 7.61. The Labute approximate surface area is 206 Å². The summed E-state index contributed by atoms with van der Waals surface area (Å²) in [5, 5.41) is 0. The summed E-state index contributed by atoms with van der Waals surface area (Å²) in [6.45, 7) is 6.19. The van der Waals surface area contributed by atoms with Crippen molar-refractivity contribution in [1.82, 2.24) is 14.1 Å². The van der Waals surface area contributed by atoms with Crippen molar-refractivity contribution in [3.63, 3.8) is 0 Å². The van der Waals surface area contributed by atoms with Gasteiger partial charge in [0.05, 0.1) is 29.0 Å². The zero-order chi connectivity index (χ0) is 25.1. The second kappa shape index (κ2) is 8.89. The van der Waals surface area contributed by atoms with Gasteiger partial charge in [0.1, 0.15) is 11.8 Å². The monoisotopic (exact) mass is 503 g/mol. The van der Waals surface area contributed by atoms with Crippen LogP contribution in [0.4, 0.5) is 0 Å². The second-order valence-corrected chi connectivity index (χ2v) is 12.3. The Morgan fingerprint density at radius 1 is 1.06 bits per heavy atom. The maximum absolute atomic E-state index is 13.7. The van der Waals surface area contributed by atoms with Crippen LogP contribution >= 0.6 is 0 Å². The number of carbonyl (C=O) groups excluding carboxylic acids is 3. The molecule has 4 atom stereocenters. The van der Waals surface area contributed by atoms with Crippen molar-refractivity contribution < 1.29 is 27.5 Å². The van der Waals surface area contributed by atoms with Gasteiger partial charge < -0.3 is 9.64 Å². The summed E-state index contributed by atoms with van der Waals surface area (Å²) in [5.74, 6) is -0.687. The minimum absolute atomic E-state index is 0.0689.